The van der Waals surface area contributed by atoms with Gasteiger partial charge in [-0.25, -0.2) is 0 Å². The van der Waals surface area contributed by atoms with Crippen LogP contribution in [0.5, 0.6) is 0 Å². The third kappa shape index (κ3) is 1.88. The number of hydrazone groups is 1. The van der Waals surface area contributed by atoms with Gasteiger partial charge in [-0.15, -0.1) is 0 Å². The average molecular weight is 278 g/mol. The molecule has 0 radical (unpaired) electrons. The molecule has 0 spiro atoms. The molecule has 0 atom stereocenters. The molecule has 2 aromatic heterocycles. The lowest BCUT2D eigenvalue weighted by Gasteiger charge is -2.24. The first-order chi connectivity index (χ1) is 9.54. The van der Waals surface area contributed by atoms with Gasteiger partial charge in [0.25, 0.3) is 0 Å². The Hall–Kier alpha value is -3.17. The van der Waals surface area contributed by atoms with E-state index in [1.807, 2.05) is 0 Å². The van der Waals surface area contributed by atoms with Crippen molar-refractivity contribution >= 4 is 23.7 Å². The Balaban J connectivity index is 1.73. The summed E-state index contributed by atoms with van der Waals surface area (Å²) in [6, 6.07) is 3.88. The van der Waals surface area contributed by atoms with Crippen LogP contribution in [0.4, 0.5) is 17.5 Å². The maximum atomic E-state index is 10.5. The van der Waals surface area contributed by atoms with Crippen molar-refractivity contribution in [3.05, 3.63) is 49.9 Å². The maximum Gasteiger partial charge on any atom is 0.435 e. The molecule has 10 heteroatoms. The Morgan fingerprint density at radius 2 is 1.95 bits per heavy atom. The first-order valence-electron chi connectivity index (χ1n) is 5.37. The standard InChI is InChI=1S/C10H6N4O6/c15-13(16)9-2-1-6(19-9)4-11-12-5-8-7(12)3-10(20-8)14(17)18/h1-4H,5H2/b11-4+. The van der Waals surface area contributed by atoms with E-state index in [2.05, 4.69) is 5.10 Å². The minimum absolute atomic E-state index is 0.211. The average Bonchev–Trinajstić information content (AvgIpc) is 2.95. The Labute approximate surface area is 110 Å². The molecular formula is C10H6N4O6. The van der Waals surface area contributed by atoms with Crippen LogP contribution in [0.1, 0.15) is 11.5 Å². The number of hydrogen-bond acceptors (Lipinski definition) is 8. The summed E-state index contributed by atoms with van der Waals surface area (Å²) in [6.45, 7) is 0.294. The SMILES string of the molecule is O=[N+]([O-])c1ccc(/C=N/N2Cc3oc([N+](=O)[O-])cc32)o1. The molecule has 102 valence electrons. The van der Waals surface area contributed by atoms with Gasteiger partial charge in [0, 0.05) is 0 Å². The summed E-state index contributed by atoms with van der Waals surface area (Å²) in [6.07, 6.45) is 1.29. The Morgan fingerprint density at radius 3 is 2.60 bits per heavy atom. The second kappa shape index (κ2) is 4.19. The van der Waals surface area contributed by atoms with Crippen molar-refractivity contribution in [2.24, 2.45) is 5.10 Å². The van der Waals surface area contributed by atoms with E-state index in [4.69, 9.17) is 8.83 Å². The summed E-state index contributed by atoms with van der Waals surface area (Å²) in [5.74, 6) is -0.0431. The van der Waals surface area contributed by atoms with Gasteiger partial charge in [-0.3, -0.25) is 25.2 Å². The molecule has 3 heterocycles. The number of nitrogens with zero attached hydrogens (tertiary/aromatic N) is 4. The number of rotatable bonds is 4. The van der Waals surface area contributed by atoms with E-state index in [0.29, 0.717) is 18.0 Å². The molecular weight excluding hydrogens is 272 g/mol. The van der Waals surface area contributed by atoms with Crippen LogP contribution in [-0.4, -0.2) is 16.1 Å². The van der Waals surface area contributed by atoms with E-state index in [1.165, 1.54) is 29.4 Å². The van der Waals surface area contributed by atoms with Gasteiger partial charge in [-0.2, -0.15) is 5.10 Å². The van der Waals surface area contributed by atoms with E-state index < -0.39 is 9.85 Å². The largest absolute Gasteiger partial charge is 0.435 e. The highest BCUT2D eigenvalue weighted by molar-refractivity contribution is 5.78. The summed E-state index contributed by atoms with van der Waals surface area (Å²) in [5.41, 5.74) is 0.494. The number of furan rings is 2. The molecule has 0 fully saturated rings. The molecule has 0 saturated heterocycles. The predicted octanol–water partition coefficient (Wildman–Crippen LogP) is 2.04. The van der Waals surface area contributed by atoms with Crippen LogP contribution in [0.25, 0.3) is 0 Å². The van der Waals surface area contributed by atoms with Crippen molar-refractivity contribution in [1.82, 2.24) is 0 Å². The monoisotopic (exact) mass is 278 g/mol. The zero-order valence-corrected chi connectivity index (χ0v) is 9.75. The van der Waals surface area contributed by atoms with E-state index in [-0.39, 0.29) is 17.5 Å². The zero-order chi connectivity index (χ0) is 14.3. The van der Waals surface area contributed by atoms with Crippen LogP contribution in [0.15, 0.2) is 32.1 Å². The highest BCUT2D eigenvalue weighted by Gasteiger charge is 2.31. The van der Waals surface area contributed by atoms with E-state index in [0.717, 1.165) is 0 Å². The lowest BCUT2D eigenvalue weighted by molar-refractivity contribution is -0.402. The van der Waals surface area contributed by atoms with Gasteiger partial charge in [0.2, 0.25) is 0 Å². The summed E-state index contributed by atoms with van der Waals surface area (Å²) in [7, 11) is 0. The highest BCUT2D eigenvalue weighted by atomic mass is 16.7. The minimum atomic E-state index is -0.654. The number of anilines is 1. The molecule has 1 aliphatic heterocycles. The second-order valence-electron chi connectivity index (χ2n) is 3.89. The normalized spacial score (nSPS) is 13.3. The topological polar surface area (TPSA) is 128 Å². The molecule has 0 bridgehead atoms. The summed E-state index contributed by atoms with van der Waals surface area (Å²) in [4.78, 5) is 19.7. The first-order valence-corrected chi connectivity index (χ1v) is 5.37. The number of nitro groups is 2. The fraction of sp³-hybridized carbons (Fsp3) is 0.100. The van der Waals surface area contributed by atoms with Crippen molar-refractivity contribution in [2.45, 2.75) is 6.54 Å². The van der Waals surface area contributed by atoms with Crippen LogP contribution in [0.3, 0.4) is 0 Å². The molecule has 0 aromatic carbocycles. The van der Waals surface area contributed by atoms with E-state index >= 15 is 0 Å². The molecule has 0 N–H and O–H groups in total. The van der Waals surface area contributed by atoms with Crippen LogP contribution < -0.4 is 5.01 Å². The van der Waals surface area contributed by atoms with Crippen LogP contribution in [0.2, 0.25) is 0 Å². The lowest BCUT2D eigenvalue weighted by atomic mass is 10.2. The molecule has 3 rings (SSSR count). The van der Waals surface area contributed by atoms with Gasteiger partial charge in [0.05, 0.1) is 18.3 Å². The van der Waals surface area contributed by atoms with E-state index in [9.17, 15) is 20.2 Å². The fourth-order valence-corrected chi connectivity index (χ4v) is 1.70. The molecule has 1 aliphatic rings. The van der Waals surface area contributed by atoms with Gasteiger partial charge in [0.15, 0.2) is 11.5 Å². The van der Waals surface area contributed by atoms with Gasteiger partial charge < -0.3 is 8.83 Å². The number of fused-ring (bicyclic) bond motifs is 1. The van der Waals surface area contributed by atoms with Crippen molar-refractivity contribution in [2.75, 3.05) is 5.01 Å². The van der Waals surface area contributed by atoms with Crippen LogP contribution in [-0.2, 0) is 6.54 Å². The molecule has 0 aliphatic carbocycles. The smallest absolute Gasteiger partial charge is 0.401 e. The predicted molar refractivity (Wildman–Crippen MR) is 64.5 cm³/mol. The van der Waals surface area contributed by atoms with Crippen molar-refractivity contribution in [1.29, 1.82) is 0 Å². The lowest BCUT2D eigenvalue weighted by Crippen LogP contribution is -2.25. The molecule has 0 saturated carbocycles. The summed E-state index contributed by atoms with van der Waals surface area (Å²) < 4.78 is 9.84. The molecule has 0 amide bonds. The van der Waals surface area contributed by atoms with Gasteiger partial charge in [-0.1, -0.05) is 0 Å². The van der Waals surface area contributed by atoms with Crippen molar-refractivity contribution in [3.63, 3.8) is 0 Å². The summed E-state index contributed by atoms with van der Waals surface area (Å²) in [5, 5.41) is 26.4. The third-order valence-corrected chi connectivity index (χ3v) is 2.64. The van der Waals surface area contributed by atoms with Gasteiger partial charge in [0.1, 0.15) is 22.1 Å². The van der Waals surface area contributed by atoms with Crippen molar-refractivity contribution in [3.8, 4) is 0 Å². The number of hydrogen-bond donors (Lipinski definition) is 0. The molecule has 0 unspecified atom stereocenters. The second-order valence-corrected chi connectivity index (χ2v) is 3.89. The molecule has 2 aromatic rings. The first kappa shape index (κ1) is 11.9. The Bertz CT molecular complexity index is 730. The zero-order valence-electron chi connectivity index (χ0n) is 9.75. The highest BCUT2D eigenvalue weighted by Crippen LogP contribution is 2.38. The minimum Gasteiger partial charge on any atom is -0.401 e. The van der Waals surface area contributed by atoms with E-state index in [1.54, 1.807) is 0 Å². The summed E-state index contributed by atoms with van der Waals surface area (Å²) >= 11 is 0. The van der Waals surface area contributed by atoms with Crippen LogP contribution in [0, 0.1) is 20.2 Å². The maximum absolute atomic E-state index is 10.5. The fourth-order valence-electron chi connectivity index (χ4n) is 1.70. The van der Waals surface area contributed by atoms with Gasteiger partial charge in [-0.05, 0) is 6.07 Å². The van der Waals surface area contributed by atoms with Crippen LogP contribution >= 0.6 is 0 Å². The molecule has 20 heavy (non-hydrogen) atoms. The third-order valence-electron chi connectivity index (χ3n) is 2.64. The van der Waals surface area contributed by atoms with Gasteiger partial charge >= 0.3 is 11.8 Å². The Kier molecular flexibility index (Phi) is 2.49. The quantitative estimate of drug-likeness (QED) is 0.475. The molecule has 10 nitrogen and oxygen atoms in total. The Morgan fingerprint density at radius 1 is 1.20 bits per heavy atom. The van der Waals surface area contributed by atoms with Crippen molar-refractivity contribution < 1.29 is 18.7 Å².